The predicted octanol–water partition coefficient (Wildman–Crippen LogP) is 2.32. The van der Waals surface area contributed by atoms with Gasteiger partial charge in [-0.3, -0.25) is 4.79 Å². The number of halogens is 1. The molecular weight excluding hydrogens is 292 g/mol. The van der Waals surface area contributed by atoms with Crippen LogP contribution in [0.3, 0.4) is 0 Å². The van der Waals surface area contributed by atoms with Gasteiger partial charge in [0.05, 0.1) is 18.7 Å². The van der Waals surface area contributed by atoms with Gasteiger partial charge in [0.2, 0.25) is 5.91 Å². The Balaban J connectivity index is 2.64. The molecule has 1 aromatic carbocycles. The Labute approximate surface area is 131 Å². The van der Waals surface area contributed by atoms with Crippen molar-refractivity contribution in [1.82, 2.24) is 10.2 Å². The van der Waals surface area contributed by atoms with E-state index in [-0.39, 0.29) is 5.91 Å². The third-order valence-electron chi connectivity index (χ3n) is 2.95. The molecule has 118 valence electrons. The van der Waals surface area contributed by atoms with Crippen molar-refractivity contribution in [2.45, 2.75) is 19.4 Å². The minimum Gasteiger partial charge on any atom is -0.493 e. The van der Waals surface area contributed by atoms with E-state index in [0.29, 0.717) is 42.5 Å². The summed E-state index contributed by atoms with van der Waals surface area (Å²) in [4.78, 5) is 13.0. The van der Waals surface area contributed by atoms with Crippen LogP contribution in [-0.4, -0.2) is 45.7 Å². The second-order valence-corrected chi connectivity index (χ2v) is 5.29. The van der Waals surface area contributed by atoms with Crippen molar-refractivity contribution in [2.24, 2.45) is 0 Å². The third-order valence-corrected chi connectivity index (χ3v) is 3.23. The van der Waals surface area contributed by atoms with Crippen LogP contribution in [0.4, 0.5) is 0 Å². The third kappa shape index (κ3) is 5.44. The first-order valence-corrected chi connectivity index (χ1v) is 7.21. The maximum absolute atomic E-state index is 11.5. The Kier molecular flexibility index (Phi) is 7.32. The summed E-state index contributed by atoms with van der Waals surface area (Å²) in [5.74, 6) is 1.21. The Morgan fingerprint density at radius 2 is 2.10 bits per heavy atom. The van der Waals surface area contributed by atoms with Crippen LogP contribution in [0.5, 0.6) is 11.5 Å². The Morgan fingerprint density at radius 1 is 1.38 bits per heavy atom. The highest BCUT2D eigenvalue weighted by atomic mass is 35.5. The van der Waals surface area contributed by atoms with E-state index in [1.54, 1.807) is 26.1 Å². The minimum atomic E-state index is 0.0843. The number of amides is 1. The van der Waals surface area contributed by atoms with E-state index in [1.165, 1.54) is 0 Å². The van der Waals surface area contributed by atoms with Crippen molar-refractivity contribution in [3.63, 3.8) is 0 Å². The van der Waals surface area contributed by atoms with Gasteiger partial charge in [-0.05, 0) is 31.2 Å². The molecule has 1 aromatic rings. The molecule has 1 rings (SSSR count). The Hall–Kier alpha value is -1.46. The first-order chi connectivity index (χ1) is 9.99. The highest BCUT2D eigenvalue weighted by Gasteiger charge is 2.12. The lowest BCUT2D eigenvalue weighted by Crippen LogP contribution is -2.21. The normalized spacial score (nSPS) is 10.3. The van der Waals surface area contributed by atoms with Crippen LogP contribution in [0.15, 0.2) is 12.1 Å². The monoisotopic (exact) mass is 314 g/mol. The van der Waals surface area contributed by atoms with Crippen LogP contribution in [-0.2, 0) is 11.3 Å². The molecule has 1 N–H and O–H groups in total. The van der Waals surface area contributed by atoms with Crippen LogP contribution >= 0.6 is 11.6 Å². The maximum atomic E-state index is 11.5. The van der Waals surface area contributed by atoms with Gasteiger partial charge in [0.25, 0.3) is 0 Å². The number of rotatable bonds is 8. The zero-order valence-corrected chi connectivity index (χ0v) is 13.8. The summed E-state index contributed by atoms with van der Waals surface area (Å²) in [5.41, 5.74) is 1.02. The molecule has 0 aliphatic heterocycles. The number of ether oxygens (including phenoxy) is 2. The minimum absolute atomic E-state index is 0.0843. The molecule has 0 aliphatic carbocycles. The van der Waals surface area contributed by atoms with E-state index in [4.69, 9.17) is 21.1 Å². The number of methoxy groups -OCH3 is 1. The lowest BCUT2D eigenvalue weighted by Gasteiger charge is -2.15. The molecule has 0 saturated carbocycles. The molecule has 0 aromatic heterocycles. The van der Waals surface area contributed by atoms with Crippen molar-refractivity contribution in [1.29, 1.82) is 0 Å². The number of benzene rings is 1. The van der Waals surface area contributed by atoms with Gasteiger partial charge < -0.3 is 19.7 Å². The smallest absolute Gasteiger partial charge is 0.222 e. The fourth-order valence-electron chi connectivity index (χ4n) is 1.84. The Bertz CT molecular complexity index is 478. The molecule has 0 radical (unpaired) electrons. The summed E-state index contributed by atoms with van der Waals surface area (Å²) < 4.78 is 11.0. The molecule has 0 aliphatic rings. The van der Waals surface area contributed by atoms with Gasteiger partial charge in [-0.15, -0.1) is 0 Å². The number of nitrogens with zero attached hydrogens (tertiary/aromatic N) is 1. The van der Waals surface area contributed by atoms with E-state index in [0.717, 1.165) is 5.56 Å². The van der Waals surface area contributed by atoms with Crippen molar-refractivity contribution in [3.8, 4) is 11.5 Å². The molecule has 0 bridgehead atoms. The topological polar surface area (TPSA) is 50.8 Å². The summed E-state index contributed by atoms with van der Waals surface area (Å²) in [6, 6.07) is 3.74. The number of hydrogen-bond acceptors (Lipinski definition) is 4. The molecule has 0 heterocycles. The first-order valence-electron chi connectivity index (χ1n) is 6.83. The van der Waals surface area contributed by atoms with Gasteiger partial charge in [0.1, 0.15) is 0 Å². The fourth-order valence-corrected chi connectivity index (χ4v) is 2.13. The van der Waals surface area contributed by atoms with E-state index in [1.807, 2.05) is 19.2 Å². The van der Waals surface area contributed by atoms with Gasteiger partial charge in [-0.25, -0.2) is 0 Å². The lowest BCUT2D eigenvalue weighted by atomic mass is 10.2. The van der Waals surface area contributed by atoms with Crippen molar-refractivity contribution >= 4 is 17.5 Å². The molecule has 0 atom stereocenters. The zero-order valence-electron chi connectivity index (χ0n) is 13.0. The van der Waals surface area contributed by atoms with E-state index >= 15 is 0 Å². The predicted molar refractivity (Wildman–Crippen MR) is 84.2 cm³/mol. The highest BCUT2D eigenvalue weighted by Crippen LogP contribution is 2.36. The van der Waals surface area contributed by atoms with Gasteiger partial charge in [-0.1, -0.05) is 11.6 Å². The fraction of sp³-hybridized carbons (Fsp3) is 0.533. The van der Waals surface area contributed by atoms with Gasteiger partial charge in [0.15, 0.2) is 11.5 Å². The molecule has 0 fully saturated rings. The number of hydrogen-bond donors (Lipinski definition) is 1. The molecule has 0 saturated heterocycles. The van der Waals surface area contributed by atoms with Crippen LogP contribution < -0.4 is 14.8 Å². The summed E-state index contributed by atoms with van der Waals surface area (Å²) >= 11 is 6.23. The maximum Gasteiger partial charge on any atom is 0.222 e. The molecule has 6 heteroatoms. The molecular formula is C15H23ClN2O3. The van der Waals surface area contributed by atoms with Crippen molar-refractivity contribution in [2.75, 3.05) is 34.9 Å². The SMILES string of the molecule is CNCc1cc(Cl)c(OCCCC(=O)N(C)C)c(OC)c1. The lowest BCUT2D eigenvalue weighted by molar-refractivity contribution is -0.128. The molecule has 0 spiro atoms. The van der Waals surface area contributed by atoms with Gasteiger partial charge in [-0.2, -0.15) is 0 Å². The van der Waals surface area contributed by atoms with Gasteiger partial charge in [0, 0.05) is 27.1 Å². The van der Waals surface area contributed by atoms with E-state index < -0.39 is 0 Å². The quantitative estimate of drug-likeness (QED) is 0.748. The summed E-state index contributed by atoms with van der Waals surface area (Å²) in [5, 5.41) is 3.57. The highest BCUT2D eigenvalue weighted by molar-refractivity contribution is 6.32. The van der Waals surface area contributed by atoms with E-state index in [2.05, 4.69) is 5.32 Å². The first kappa shape index (κ1) is 17.6. The largest absolute Gasteiger partial charge is 0.493 e. The molecule has 21 heavy (non-hydrogen) atoms. The Morgan fingerprint density at radius 3 is 2.67 bits per heavy atom. The van der Waals surface area contributed by atoms with Crippen LogP contribution in [0.1, 0.15) is 18.4 Å². The van der Waals surface area contributed by atoms with Crippen molar-refractivity contribution < 1.29 is 14.3 Å². The van der Waals surface area contributed by atoms with Crippen LogP contribution in [0, 0.1) is 0 Å². The number of nitrogens with one attached hydrogen (secondary N) is 1. The average molecular weight is 315 g/mol. The molecule has 5 nitrogen and oxygen atoms in total. The second-order valence-electron chi connectivity index (χ2n) is 4.88. The summed E-state index contributed by atoms with van der Waals surface area (Å²) in [6.07, 6.45) is 1.08. The van der Waals surface area contributed by atoms with Crippen LogP contribution in [0.25, 0.3) is 0 Å². The molecule has 0 unspecified atom stereocenters. The zero-order chi connectivity index (χ0) is 15.8. The molecule has 1 amide bonds. The van der Waals surface area contributed by atoms with Gasteiger partial charge >= 0.3 is 0 Å². The summed E-state index contributed by atoms with van der Waals surface area (Å²) in [7, 11) is 6.93. The van der Waals surface area contributed by atoms with E-state index in [9.17, 15) is 4.79 Å². The second kappa shape index (κ2) is 8.74. The summed E-state index contributed by atoms with van der Waals surface area (Å²) in [6.45, 7) is 1.12. The standard InChI is InChI=1S/C15H23ClN2O3/c1-17-10-11-8-12(16)15(13(9-11)20-4)21-7-5-6-14(19)18(2)3/h8-9,17H,5-7,10H2,1-4H3. The number of carbonyl (C=O) groups excluding carboxylic acids is 1. The number of carbonyl (C=O) groups is 1. The van der Waals surface area contributed by atoms with Crippen molar-refractivity contribution in [3.05, 3.63) is 22.7 Å². The average Bonchev–Trinajstić information content (AvgIpc) is 2.44. The van der Waals surface area contributed by atoms with Crippen LogP contribution in [0.2, 0.25) is 5.02 Å².